The first-order chi connectivity index (χ1) is 8.33. The van der Waals surface area contributed by atoms with E-state index in [-0.39, 0.29) is 0 Å². The number of aromatic nitrogens is 1. The SMILES string of the molecule is CCS[C@H]1CCC[C@H]1Nc1ccc(C#N)cn1. The Hall–Kier alpha value is -1.21. The molecule has 1 saturated carbocycles. The van der Waals surface area contributed by atoms with Crippen LogP contribution in [0.1, 0.15) is 31.7 Å². The number of hydrogen-bond acceptors (Lipinski definition) is 4. The normalized spacial score (nSPS) is 23.3. The van der Waals surface area contributed by atoms with Crippen LogP contribution in [0.5, 0.6) is 0 Å². The van der Waals surface area contributed by atoms with E-state index in [9.17, 15) is 0 Å². The molecule has 2 rings (SSSR count). The van der Waals surface area contributed by atoms with Crippen molar-refractivity contribution in [3.63, 3.8) is 0 Å². The van der Waals surface area contributed by atoms with Crippen LogP contribution in [0.4, 0.5) is 5.82 Å². The maximum Gasteiger partial charge on any atom is 0.126 e. The maximum absolute atomic E-state index is 8.71. The van der Waals surface area contributed by atoms with Gasteiger partial charge in [-0.15, -0.1) is 0 Å². The molecular formula is C13H17N3S. The summed E-state index contributed by atoms with van der Waals surface area (Å²) in [6.45, 7) is 2.21. The third-order valence-corrected chi connectivity index (χ3v) is 4.38. The van der Waals surface area contributed by atoms with Crippen LogP contribution in [0, 0.1) is 11.3 Å². The number of nitriles is 1. The quantitative estimate of drug-likeness (QED) is 0.888. The molecule has 1 aromatic rings. The summed E-state index contributed by atoms with van der Waals surface area (Å²) in [4.78, 5) is 4.26. The molecule has 0 radical (unpaired) electrons. The summed E-state index contributed by atoms with van der Waals surface area (Å²) in [7, 11) is 0. The van der Waals surface area contributed by atoms with Gasteiger partial charge in [-0.3, -0.25) is 0 Å². The van der Waals surface area contributed by atoms with E-state index in [4.69, 9.17) is 5.26 Å². The number of nitrogens with one attached hydrogen (secondary N) is 1. The van der Waals surface area contributed by atoms with Crippen LogP contribution < -0.4 is 5.32 Å². The lowest BCUT2D eigenvalue weighted by Crippen LogP contribution is -2.26. The van der Waals surface area contributed by atoms with Gasteiger partial charge in [0.1, 0.15) is 11.9 Å². The summed E-state index contributed by atoms with van der Waals surface area (Å²) < 4.78 is 0. The standard InChI is InChI=1S/C13H17N3S/c1-2-17-12-5-3-4-11(12)16-13-7-6-10(8-14)9-15-13/h6-7,9,11-12H,2-5H2,1H3,(H,15,16)/t11-,12+/m1/s1. The second-order valence-electron chi connectivity index (χ2n) is 4.22. The van der Waals surface area contributed by atoms with Gasteiger partial charge in [-0.25, -0.2) is 4.98 Å². The summed E-state index contributed by atoms with van der Waals surface area (Å²) in [6, 6.07) is 6.32. The van der Waals surface area contributed by atoms with Gasteiger partial charge in [0.15, 0.2) is 0 Å². The minimum atomic E-state index is 0.528. The molecule has 17 heavy (non-hydrogen) atoms. The molecule has 1 fully saturated rings. The number of thioether (sulfide) groups is 1. The summed E-state index contributed by atoms with van der Waals surface area (Å²) in [5.74, 6) is 2.06. The molecule has 0 saturated heterocycles. The van der Waals surface area contributed by atoms with Crippen molar-refractivity contribution in [1.29, 1.82) is 5.26 Å². The minimum Gasteiger partial charge on any atom is -0.366 e. The molecule has 4 heteroatoms. The number of nitrogens with zero attached hydrogens (tertiary/aromatic N) is 2. The highest BCUT2D eigenvalue weighted by atomic mass is 32.2. The molecular weight excluding hydrogens is 230 g/mol. The van der Waals surface area contributed by atoms with Gasteiger partial charge in [-0.1, -0.05) is 13.3 Å². The summed E-state index contributed by atoms with van der Waals surface area (Å²) in [5, 5.41) is 12.9. The van der Waals surface area contributed by atoms with Crippen LogP contribution in [-0.4, -0.2) is 22.0 Å². The molecule has 1 N–H and O–H groups in total. The van der Waals surface area contributed by atoms with Crippen LogP contribution in [-0.2, 0) is 0 Å². The van der Waals surface area contributed by atoms with Crippen molar-refractivity contribution in [2.24, 2.45) is 0 Å². The second kappa shape index (κ2) is 5.92. The summed E-state index contributed by atoms with van der Waals surface area (Å²) in [6.07, 6.45) is 5.44. The second-order valence-corrected chi connectivity index (χ2v) is 5.74. The van der Waals surface area contributed by atoms with E-state index >= 15 is 0 Å². The van der Waals surface area contributed by atoms with Crippen LogP contribution in [0.3, 0.4) is 0 Å². The largest absolute Gasteiger partial charge is 0.366 e. The fraction of sp³-hybridized carbons (Fsp3) is 0.538. The van der Waals surface area contributed by atoms with Crippen LogP contribution in [0.25, 0.3) is 0 Å². The lowest BCUT2D eigenvalue weighted by molar-refractivity contribution is 0.762. The monoisotopic (exact) mass is 247 g/mol. The Balaban J connectivity index is 1.97. The Morgan fingerprint density at radius 3 is 3.06 bits per heavy atom. The third-order valence-electron chi connectivity index (χ3n) is 3.06. The lowest BCUT2D eigenvalue weighted by atomic mass is 10.2. The predicted octanol–water partition coefficient (Wildman–Crippen LogP) is 3.04. The molecule has 0 bridgehead atoms. The fourth-order valence-electron chi connectivity index (χ4n) is 2.24. The van der Waals surface area contributed by atoms with E-state index in [1.54, 1.807) is 6.20 Å². The van der Waals surface area contributed by atoms with E-state index < -0.39 is 0 Å². The zero-order valence-electron chi connectivity index (χ0n) is 10.0. The van der Waals surface area contributed by atoms with E-state index in [2.05, 4.69) is 23.3 Å². The topological polar surface area (TPSA) is 48.7 Å². The summed E-state index contributed by atoms with van der Waals surface area (Å²) in [5.41, 5.74) is 0.612. The molecule has 0 unspecified atom stereocenters. The van der Waals surface area contributed by atoms with Crippen LogP contribution >= 0.6 is 11.8 Å². The molecule has 2 atom stereocenters. The molecule has 1 aromatic heterocycles. The molecule has 1 aliphatic rings. The van der Waals surface area contributed by atoms with Gasteiger partial charge in [-0.05, 0) is 30.7 Å². The Morgan fingerprint density at radius 2 is 2.41 bits per heavy atom. The number of rotatable bonds is 4. The number of hydrogen-bond donors (Lipinski definition) is 1. The van der Waals surface area contributed by atoms with Crippen molar-refractivity contribution in [3.8, 4) is 6.07 Å². The van der Waals surface area contributed by atoms with Crippen molar-refractivity contribution in [2.45, 2.75) is 37.5 Å². The Morgan fingerprint density at radius 1 is 1.53 bits per heavy atom. The van der Waals surface area contributed by atoms with Gasteiger partial charge in [0.05, 0.1) is 5.56 Å². The van der Waals surface area contributed by atoms with Gasteiger partial charge >= 0.3 is 0 Å². The predicted molar refractivity (Wildman–Crippen MR) is 72.1 cm³/mol. The van der Waals surface area contributed by atoms with Crippen molar-refractivity contribution in [2.75, 3.05) is 11.1 Å². The van der Waals surface area contributed by atoms with Crippen molar-refractivity contribution in [1.82, 2.24) is 4.98 Å². The van der Waals surface area contributed by atoms with Crippen molar-refractivity contribution in [3.05, 3.63) is 23.9 Å². The molecule has 0 amide bonds. The highest BCUT2D eigenvalue weighted by molar-refractivity contribution is 7.99. The first kappa shape index (κ1) is 12.3. The van der Waals surface area contributed by atoms with Crippen LogP contribution in [0.15, 0.2) is 18.3 Å². The van der Waals surface area contributed by atoms with E-state index in [0.29, 0.717) is 16.9 Å². The Bertz CT molecular complexity index is 396. The molecule has 0 aliphatic heterocycles. The molecule has 0 spiro atoms. The molecule has 3 nitrogen and oxygen atoms in total. The van der Waals surface area contributed by atoms with Gasteiger partial charge in [0.25, 0.3) is 0 Å². The minimum absolute atomic E-state index is 0.528. The molecule has 90 valence electrons. The van der Waals surface area contributed by atoms with Gasteiger partial charge in [0, 0.05) is 17.5 Å². The smallest absolute Gasteiger partial charge is 0.126 e. The highest BCUT2D eigenvalue weighted by Crippen LogP contribution is 2.31. The Labute approximate surface area is 107 Å². The Kier molecular flexibility index (Phi) is 4.27. The van der Waals surface area contributed by atoms with Gasteiger partial charge in [-0.2, -0.15) is 17.0 Å². The number of pyridine rings is 1. The molecule has 1 heterocycles. The fourth-order valence-corrected chi connectivity index (χ4v) is 3.44. The van der Waals surface area contributed by atoms with E-state index in [1.807, 2.05) is 23.9 Å². The van der Waals surface area contributed by atoms with Crippen molar-refractivity contribution >= 4 is 17.6 Å². The van der Waals surface area contributed by atoms with Crippen molar-refractivity contribution < 1.29 is 0 Å². The first-order valence-electron chi connectivity index (χ1n) is 6.07. The summed E-state index contributed by atoms with van der Waals surface area (Å²) >= 11 is 2.03. The third kappa shape index (κ3) is 3.13. The molecule has 1 aliphatic carbocycles. The van der Waals surface area contributed by atoms with E-state index in [1.165, 1.54) is 25.0 Å². The average molecular weight is 247 g/mol. The van der Waals surface area contributed by atoms with E-state index in [0.717, 1.165) is 5.82 Å². The zero-order chi connectivity index (χ0) is 12.1. The average Bonchev–Trinajstić information content (AvgIpc) is 2.78. The zero-order valence-corrected chi connectivity index (χ0v) is 10.8. The van der Waals surface area contributed by atoms with Crippen LogP contribution in [0.2, 0.25) is 0 Å². The molecule has 0 aromatic carbocycles. The lowest BCUT2D eigenvalue weighted by Gasteiger charge is -2.20. The first-order valence-corrected chi connectivity index (χ1v) is 7.12. The van der Waals surface area contributed by atoms with Gasteiger partial charge < -0.3 is 5.32 Å². The van der Waals surface area contributed by atoms with Gasteiger partial charge in [0.2, 0.25) is 0 Å². The number of anilines is 1. The maximum atomic E-state index is 8.71. The highest BCUT2D eigenvalue weighted by Gasteiger charge is 2.27.